The molecule has 4 heterocycles. The van der Waals surface area contributed by atoms with Crippen LogP contribution in [-0.2, 0) is 29.1 Å². The predicted octanol–water partition coefficient (Wildman–Crippen LogP) is 6.07. The Morgan fingerprint density at radius 1 is 1.10 bits per heavy atom. The second kappa shape index (κ2) is 17.4. The first kappa shape index (κ1) is 45.8. The number of alkyl carbamates (subject to hydrolysis) is 1. The second-order valence-corrected chi connectivity index (χ2v) is 21.7. The molecule has 1 saturated heterocycles. The van der Waals surface area contributed by atoms with Gasteiger partial charge in [0.1, 0.15) is 40.8 Å². The van der Waals surface area contributed by atoms with Crippen molar-refractivity contribution in [3.8, 4) is 17.3 Å². The maximum Gasteiger partial charge on any atom is 0.408 e. The summed E-state index contributed by atoms with van der Waals surface area (Å²) in [5, 5.41) is 11.2. The molecule has 63 heavy (non-hydrogen) atoms. The van der Waals surface area contributed by atoms with Gasteiger partial charge >= 0.3 is 6.09 Å². The first-order valence-electron chi connectivity index (χ1n) is 22.2. The van der Waals surface area contributed by atoms with Crippen molar-refractivity contribution in [3.05, 3.63) is 54.4 Å². The monoisotopic (exact) mass is 889 g/mol. The number of carbonyl (C=O) groups is 4. The number of nitrogens with one attached hydrogen (secondary N) is 3. The topological polar surface area (TPSA) is 200 Å². The number of fused-ring (bicyclic) bond motifs is 3. The van der Waals surface area contributed by atoms with E-state index in [0.29, 0.717) is 60.3 Å². The van der Waals surface area contributed by atoms with Crippen LogP contribution in [0, 0.1) is 17.8 Å². The molecule has 2 aliphatic heterocycles. The van der Waals surface area contributed by atoms with Gasteiger partial charge in [0.15, 0.2) is 5.82 Å². The van der Waals surface area contributed by atoms with E-state index in [4.69, 9.17) is 24.3 Å². The third-order valence-corrected chi connectivity index (χ3v) is 15.1. The summed E-state index contributed by atoms with van der Waals surface area (Å²) >= 11 is 0. The van der Waals surface area contributed by atoms with Gasteiger partial charge in [0, 0.05) is 36.1 Å². The standard InChI is InChI=1S/C46H63N7O9S/c1-10-29-21-28(4)13-11-12-14-30-25-46(30,42(56)51-63(58,59)45(8)18-19-45)49-40(54)36-23-32(26-52(36)41(55)39(29)48-43(57)62-44(5,6)7)61-37-24-38(53-20-17-34(50-53)27(2)3)47-35-22-31(60-9)15-16-33(35)37/h12,14-17,20,22,24,27-30,32,36,39H,10-11,13,18-19,21,23,25-26H2,1-9H3,(H,48,57)(H,49,54)(H,51,56)/b14-12-/t28-,29-,30-,32?,36+,39+,46-/m1/s1. The highest BCUT2D eigenvalue weighted by Crippen LogP contribution is 2.48. The summed E-state index contributed by atoms with van der Waals surface area (Å²) in [6.45, 7) is 15.0. The van der Waals surface area contributed by atoms with Crippen LogP contribution >= 0.6 is 0 Å². The Bertz CT molecular complexity index is 2390. The van der Waals surface area contributed by atoms with Crippen LogP contribution in [0.5, 0.6) is 11.5 Å². The lowest BCUT2D eigenvalue weighted by atomic mass is 9.85. The van der Waals surface area contributed by atoms with E-state index >= 15 is 4.79 Å². The normalized spacial score (nSPS) is 27.9. The average Bonchev–Trinajstić information content (AvgIpc) is 3.99. The van der Waals surface area contributed by atoms with E-state index in [1.54, 1.807) is 57.7 Å². The molecule has 2 aliphatic carbocycles. The van der Waals surface area contributed by atoms with Gasteiger partial charge in [0.2, 0.25) is 21.8 Å². The summed E-state index contributed by atoms with van der Waals surface area (Å²) in [4.78, 5) is 63.9. The number of carbonyl (C=O) groups excluding carboxylic acids is 4. The van der Waals surface area contributed by atoms with Crippen molar-refractivity contribution in [1.82, 2.24) is 35.0 Å². The number of nitrogens with zero attached hydrogens (tertiary/aromatic N) is 4. The van der Waals surface area contributed by atoms with E-state index in [2.05, 4.69) is 36.1 Å². The number of benzene rings is 1. The van der Waals surface area contributed by atoms with Crippen LogP contribution in [0.1, 0.15) is 118 Å². The van der Waals surface area contributed by atoms with E-state index in [9.17, 15) is 22.8 Å². The predicted molar refractivity (Wildman–Crippen MR) is 237 cm³/mol. The Labute approximate surface area is 370 Å². The van der Waals surface area contributed by atoms with Crippen molar-refractivity contribution in [2.45, 2.75) is 147 Å². The molecule has 16 nitrogen and oxygen atoms in total. The maximum atomic E-state index is 15.2. The van der Waals surface area contributed by atoms with Crippen LogP contribution in [0.15, 0.2) is 48.7 Å². The summed E-state index contributed by atoms with van der Waals surface area (Å²) < 4.78 is 47.6. The Morgan fingerprint density at radius 3 is 2.49 bits per heavy atom. The first-order chi connectivity index (χ1) is 29.7. The molecule has 1 unspecified atom stereocenters. The fraction of sp³-hybridized carbons (Fsp3) is 0.609. The molecule has 0 radical (unpaired) electrons. The quantitative estimate of drug-likeness (QED) is 0.200. The van der Waals surface area contributed by atoms with Crippen LogP contribution in [0.2, 0.25) is 0 Å². The van der Waals surface area contributed by atoms with E-state index in [-0.39, 0.29) is 37.1 Å². The molecule has 3 N–H and O–H groups in total. The van der Waals surface area contributed by atoms with Gasteiger partial charge in [0.25, 0.3) is 5.91 Å². The molecule has 3 aromatic rings. The summed E-state index contributed by atoms with van der Waals surface area (Å²) in [6.07, 6.45) is 7.83. The minimum atomic E-state index is -4.03. The summed E-state index contributed by atoms with van der Waals surface area (Å²) in [5.74, 6) is -0.887. The van der Waals surface area contributed by atoms with Crippen molar-refractivity contribution in [3.63, 3.8) is 0 Å². The fourth-order valence-corrected chi connectivity index (χ4v) is 10.0. The Hall–Kier alpha value is -5.19. The van der Waals surface area contributed by atoms with E-state index < -0.39 is 73.8 Å². The van der Waals surface area contributed by atoms with Gasteiger partial charge in [-0.05, 0) is 102 Å². The number of pyridine rings is 1. The molecular formula is C46H63N7O9S. The molecule has 342 valence electrons. The van der Waals surface area contributed by atoms with Gasteiger partial charge in [0.05, 0.1) is 29.6 Å². The largest absolute Gasteiger partial charge is 0.497 e. The van der Waals surface area contributed by atoms with Crippen LogP contribution < -0.4 is 24.8 Å². The van der Waals surface area contributed by atoms with Gasteiger partial charge in [-0.25, -0.2) is 22.9 Å². The van der Waals surface area contributed by atoms with Gasteiger partial charge in [-0.15, -0.1) is 0 Å². The van der Waals surface area contributed by atoms with Crippen molar-refractivity contribution in [2.24, 2.45) is 17.8 Å². The molecule has 3 fully saturated rings. The zero-order valence-electron chi connectivity index (χ0n) is 37.9. The van der Waals surface area contributed by atoms with Gasteiger partial charge in [-0.3, -0.25) is 19.1 Å². The van der Waals surface area contributed by atoms with E-state index in [0.717, 1.165) is 12.1 Å². The molecule has 0 spiro atoms. The minimum absolute atomic E-state index is 0.0209. The zero-order chi connectivity index (χ0) is 45.6. The van der Waals surface area contributed by atoms with Crippen LogP contribution in [0.3, 0.4) is 0 Å². The number of rotatable bonds is 10. The maximum absolute atomic E-state index is 15.2. The third-order valence-electron chi connectivity index (χ3n) is 13.0. The number of allylic oxidation sites excluding steroid dienone is 1. The molecule has 4 amide bonds. The van der Waals surface area contributed by atoms with Crippen molar-refractivity contribution in [1.29, 1.82) is 0 Å². The number of hydrogen-bond donors (Lipinski definition) is 3. The minimum Gasteiger partial charge on any atom is -0.497 e. The molecular weight excluding hydrogens is 827 g/mol. The molecule has 0 bridgehead atoms. The van der Waals surface area contributed by atoms with Crippen LogP contribution in [-0.4, -0.2) is 99.6 Å². The smallest absolute Gasteiger partial charge is 0.408 e. The second-order valence-electron chi connectivity index (χ2n) is 19.5. The highest BCUT2D eigenvalue weighted by atomic mass is 32.2. The number of ether oxygens (including phenoxy) is 3. The van der Waals surface area contributed by atoms with E-state index in [1.165, 1.54) is 4.90 Å². The van der Waals surface area contributed by atoms with Crippen LogP contribution in [0.25, 0.3) is 16.7 Å². The average molecular weight is 890 g/mol. The lowest BCUT2D eigenvalue weighted by Crippen LogP contribution is -2.59. The molecule has 4 aliphatic rings. The highest BCUT2D eigenvalue weighted by molar-refractivity contribution is 7.91. The number of methoxy groups -OCH3 is 1. The molecule has 7 atom stereocenters. The molecule has 7 rings (SSSR count). The number of amides is 4. The Morgan fingerprint density at radius 2 is 1.84 bits per heavy atom. The van der Waals surface area contributed by atoms with Gasteiger partial charge in [-0.1, -0.05) is 46.3 Å². The molecule has 2 saturated carbocycles. The first-order valence-corrected chi connectivity index (χ1v) is 23.7. The van der Waals surface area contributed by atoms with Crippen molar-refractivity contribution < 1.29 is 41.8 Å². The Balaban J connectivity index is 1.27. The highest BCUT2D eigenvalue weighted by Gasteiger charge is 2.63. The SMILES string of the molecule is CC[C@@H]1C[C@H](C)CC/C=C\[C@@H]2C[C@@]2(C(=O)NS(=O)(=O)C2(C)CC2)NC(=O)[C@@H]2CC(Oc3cc(-n4ccc(C(C)C)n4)nc4cc(OC)ccc34)CN2C(=O)[C@H]1NC(=O)OC(C)(C)C. The third kappa shape index (κ3) is 9.82. The summed E-state index contributed by atoms with van der Waals surface area (Å²) in [7, 11) is -2.46. The zero-order valence-corrected chi connectivity index (χ0v) is 38.7. The lowest BCUT2D eigenvalue weighted by molar-refractivity contribution is -0.142. The Kier molecular flexibility index (Phi) is 12.7. The molecule has 17 heteroatoms. The van der Waals surface area contributed by atoms with Gasteiger partial charge in [-0.2, -0.15) is 5.10 Å². The lowest BCUT2D eigenvalue weighted by Gasteiger charge is -2.34. The number of aromatic nitrogens is 3. The molecule has 2 aromatic heterocycles. The van der Waals surface area contributed by atoms with E-state index in [1.807, 2.05) is 37.4 Å². The fourth-order valence-electron chi connectivity index (χ4n) is 8.71. The number of hydrogen-bond acceptors (Lipinski definition) is 11. The van der Waals surface area contributed by atoms with Crippen molar-refractivity contribution >= 4 is 44.7 Å². The van der Waals surface area contributed by atoms with Gasteiger partial charge < -0.3 is 29.7 Å². The summed E-state index contributed by atoms with van der Waals surface area (Å²) in [6, 6.07) is 6.90. The number of sulfonamides is 1. The van der Waals surface area contributed by atoms with Crippen molar-refractivity contribution in [2.75, 3.05) is 13.7 Å². The van der Waals surface area contributed by atoms with Crippen LogP contribution in [0.4, 0.5) is 4.79 Å². The molecule has 1 aromatic carbocycles. The summed E-state index contributed by atoms with van der Waals surface area (Å²) in [5.41, 5.74) is -0.948.